The summed E-state index contributed by atoms with van der Waals surface area (Å²) in [6, 6.07) is 0. The number of aldehydes is 1. The summed E-state index contributed by atoms with van der Waals surface area (Å²) >= 11 is 3.07. The van der Waals surface area contributed by atoms with Gasteiger partial charge in [0.15, 0.2) is 6.29 Å². The van der Waals surface area contributed by atoms with Gasteiger partial charge in [-0.15, -0.1) is 0 Å². The first kappa shape index (κ1) is 9.78. The number of hydrogen-bond acceptors (Lipinski definition) is 2. The number of carbonyl (C=O) groups excluding carboxylic acids is 1. The maximum atomic E-state index is 10.2. The van der Waals surface area contributed by atoms with Crippen molar-refractivity contribution >= 4 is 22.2 Å². The van der Waals surface area contributed by atoms with Crippen LogP contribution in [-0.4, -0.2) is 12.4 Å². The van der Waals surface area contributed by atoms with Crippen molar-refractivity contribution in [2.45, 2.75) is 38.2 Å². The molecule has 68 valence electrons. The van der Waals surface area contributed by atoms with Gasteiger partial charge in [-0.1, -0.05) is 6.42 Å². The number of hydrogen-bond donors (Lipinski definition) is 0. The molecule has 0 saturated heterocycles. The Morgan fingerprint density at radius 1 is 1.33 bits per heavy atom. The van der Waals surface area contributed by atoms with Crippen LogP contribution < -0.4 is 0 Å². The van der Waals surface area contributed by atoms with E-state index in [2.05, 4.69) is 15.9 Å². The molecule has 1 saturated carbocycles. The predicted octanol–water partition coefficient (Wildman–Crippen LogP) is 2.77. The van der Waals surface area contributed by atoms with Crippen molar-refractivity contribution < 1.29 is 9.53 Å². The van der Waals surface area contributed by atoms with E-state index < -0.39 is 0 Å². The Morgan fingerprint density at radius 2 is 2.00 bits per heavy atom. The van der Waals surface area contributed by atoms with E-state index in [1.54, 1.807) is 0 Å². The third kappa shape index (κ3) is 3.39. The van der Waals surface area contributed by atoms with Crippen LogP contribution in [0.1, 0.15) is 32.1 Å². The normalized spacial score (nSPS) is 20.6. The zero-order valence-corrected chi connectivity index (χ0v) is 8.55. The first-order valence-corrected chi connectivity index (χ1v) is 5.08. The van der Waals surface area contributed by atoms with E-state index in [9.17, 15) is 4.79 Å². The molecule has 0 atom stereocenters. The van der Waals surface area contributed by atoms with Gasteiger partial charge >= 0.3 is 0 Å². The first-order valence-electron chi connectivity index (χ1n) is 4.29. The molecule has 0 unspecified atom stereocenters. The second kappa shape index (κ2) is 5.36. The molecule has 0 heterocycles. The topological polar surface area (TPSA) is 26.3 Å². The van der Waals surface area contributed by atoms with E-state index in [4.69, 9.17) is 4.74 Å². The summed E-state index contributed by atoms with van der Waals surface area (Å²) in [5.41, 5.74) is 0. The SMILES string of the molecule is O=C/C(Br)=C/OC1CCCCC1. The second-order valence-corrected chi connectivity index (χ2v) is 3.93. The Kier molecular flexibility index (Phi) is 4.36. The molecule has 0 aromatic rings. The minimum absolute atomic E-state index is 0.325. The molecule has 0 bridgehead atoms. The standard InChI is InChI=1S/C9H13BrO2/c10-8(6-11)7-12-9-4-2-1-3-5-9/h6-7,9H,1-5H2/b8-7-. The minimum Gasteiger partial charge on any atom is -0.497 e. The van der Waals surface area contributed by atoms with Crippen molar-refractivity contribution in [3.05, 3.63) is 10.7 Å². The number of carbonyl (C=O) groups is 1. The van der Waals surface area contributed by atoms with Crippen molar-refractivity contribution in [2.75, 3.05) is 0 Å². The highest BCUT2D eigenvalue weighted by atomic mass is 79.9. The van der Waals surface area contributed by atoms with Gasteiger partial charge in [0.1, 0.15) is 6.26 Å². The van der Waals surface area contributed by atoms with Crippen LogP contribution in [-0.2, 0) is 9.53 Å². The Morgan fingerprint density at radius 3 is 2.58 bits per heavy atom. The molecular formula is C9H13BrO2. The van der Waals surface area contributed by atoms with E-state index in [0.717, 1.165) is 19.1 Å². The first-order chi connectivity index (χ1) is 5.83. The zero-order valence-electron chi connectivity index (χ0n) is 6.96. The fourth-order valence-electron chi connectivity index (χ4n) is 1.39. The highest BCUT2D eigenvalue weighted by Gasteiger charge is 2.12. The fourth-order valence-corrected chi connectivity index (χ4v) is 1.50. The monoisotopic (exact) mass is 232 g/mol. The average Bonchev–Trinajstić information content (AvgIpc) is 2.16. The molecule has 0 amide bonds. The van der Waals surface area contributed by atoms with Crippen LogP contribution in [0.3, 0.4) is 0 Å². The Balaban J connectivity index is 2.25. The molecule has 12 heavy (non-hydrogen) atoms. The van der Waals surface area contributed by atoms with Crippen molar-refractivity contribution in [3.8, 4) is 0 Å². The Hall–Kier alpha value is -0.310. The van der Waals surface area contributed by atoms with Gasteiger partial charge in [0.05, 0.1) is 10.6 Å². The molecule has 0 aliphatic heterocycles. The molecule has 2 nitrogen and oxygen atoms in total. The van der Waals surface area contributed by atoms with E-state index in [1.165, 1.54) is 25.5 Å². The van der Waals surface area contributed by atoms with Crippen LogP contribution in [0.15, 0.2) is 10.7 Å². The number of halogens is 1. The largest absolute Gasteiger partial charge is 0.497 e. The van der Waals surface area contributed by atoms with Crippen LogP contribution in [0.4, 0.5) is 0 Å². The molecule has 3 heteroatoms. The van der Waals surface area contributed by atoms with Gasteiger partial charge < -0.3 is 4.74 Å². The lowest BCUT2D eigenvalue weighted by Crippen LogP contribution is -2.13. The molecule has 0 spiro atoms. The highest BCUT2D eigenvalue weighted by molar-refractivity contribution is 9.12. The fraction of sp³-hybridized carbons (Fsp3) is 0.667. The maximum absolute atomic E-state index is 10.2. The molecule has 0 N–H and O–H groups in total. The molecule has 1 aliphatic carbocycles. The van der Waals surface area contributed by atoms with Gasteiger partial charge in [0, 0.05) is 0 Å². The average molecular weight is 233 g/mol. The smallest absolute Gasteiger partial charge is 0.160 e. The maximum Gasteiger partial charge on any atom is 0.160 e. The van der Waals surface area contributed by atoms with Crippen LogP contribution in [0.25, 0.3) is 0 Å². The van der Waals surface area contributed by atoms with Gasteiger partial charge in [-0.2, -0.15) is 0 Å². The molecular weight excluding hydrogens is 220 g/mol. The number of allylic oxidation sites excluding steroid dienone is 1. The van der Waals surface area contributed by atoms with Crippen molar-refractivity contribution in [1.29, 1.82) is 0 Å². The number of ether oxygens (including phenoxy) is 1. The predicted molar refractivity (Wildman–Crippen MR) is 51.0 cm³/mol. The van der Waals surface area contributed by atoms with Gasteiger partial charge in [-0.05, 0) is 41.6 Å². The quantitative estimate of drug-likeness (QED) is 0.425. The summed E-state index contributed by atoms with van der Waals surface area (Å²) in [6.07, 6.45) is 8.62. The van der Waals surface area contributed by atoms with Crippen molar-refractivity contribution in [1.82, 2.24) is 0 Å². The molecule has 0 radical (unpaired) electrons. The lowest BCUT2D eigenvalue weighted by molar-refractivity contribution is -0.104. The minimum atomic E-state index is 0.325. The van der Waals surface area contributed by atoms with E-state index >= 15 is 0 Å². The lowest BCUT2D eigenvalue weighted by Gasteiger charge is -2.20. The summed E-state index contributed by atoms with van der Waals surface area (Å²) in [5.74, 6) is 0. The van der Waals surface area contributed by atoms with E-state index in [1.807, 2.05) is 0 Å². The van der Waals surface area contributed by atoms with Crippen LogP contribution in [0.5, 0.6) is 0 Å². The zero-order chi connectivity index (χ0) is 8.81. The third-order valence-corrected chi connectivity index (χ3v) is 2.41. The molecule has 0 aromatic carbocycles. The van der Waals surface area contributed by atoms with Crippen molar-refractivity contribution in [3.63, 3.8) is 0 Å². The van der Waals surface area contributed by atoms with Gasteiger partial charge in [-0.3, -0.25) is 4.79 Å². The van der Waals surface area contributed by atoms with Crippen LogP contribution >= 0.6 is 15.9 Å². The molecule has 0 aromatic heterocycles. The molecule has 1 rings (SSSR count). The van der Waals surface area contributed by atoms with Gasteiger partial charge in [-0.25, -0.2) is 0 Å². The summed E-state index contributed by atoms with van der Waals surface area (Å²) in [6.45, 7) is 0. The summed E-state index contributed by atoms with van der Waals surface area (Å²) in [7, 11) is 0. The summed E-state index contributed by atoms with van der Waals surface area (Å²) in [5, 5.41) is 0. The van der Waals surface area contributed by atoms with Gasteiger partial charge in [0.2, 0.25) is 0 Å². The molecule has 1 fully saturated rings. The van der Waals surface area contributed by atoms with E-state index in [0.29, 0.717) is 10.6 Å². The van der Waals surface area contributed by atoms with E-state index in [-0.39, 0.29) is 0 Å². The third-order valence-electron chi connectivity index (χ3n) is 2.04. The highest BCUT2D eigenvalue weighted by Crippen LogP contribution is 2.20. The second-order valence-electron chi connectivity index (χ2n) is 3.02. The Bertz CT molecular complexity index is 171. The lowest BCUT2D eigenvalue weighted by atomic mass is 9.98. The van der Waals surface area contributed by atoms with Crippen LogP contribution in [0.2, 0.25) is 0 Å². The number of rotatable bonds is 3. The molecule has 1 aliphatic rings. The van der Waals surface area contributed by atoms with Crippen molar-refractivity contribution in [2.24, 2.45) is 0 Å². The van der Waals surface area contributed by atoms with Crippen LogP contribution in [0, 0.1) is 0 Å². The van der Waals surface area contributed by atoms with Gasteiger partial charge in [0.25, 0.3) is 0 Å². The summed E-state index contributed by atoms with van der Waals surface area (Å²) < 4.78 is 5.88. The summed E-state index contributed by atoms with van der Waals surface area (Å²) in [4.78, 5) is 10.2. The Labute approximate surface area is 81.1 Å².